The summed E-state index contributed by atoms with van der Waals surface area (Å²) >= 11 is 1.76. The number of pyridine rings is 1. The fourth-order valence-corrected chi connectivity index (χ4v) is 6.19. The van der Waals surface area contributed by atoms with Crippen LogP contribution in [0.2, 0.25) is 0 Å². The lowest BCUT2D eigenvalue weighted by molar-refractivity contribution is -0.123. The van der Waals surface area contributed by atoms with Crippen LogP contribution in [0, 0.1) is 12.8 Å². The number of nitrogens with zero attached hydrogens (tertiary/aromatic N) is 2. The Balaban J connectivity index is 1.19. The van der Waals surface area contributed by atoms with Crippen molar-refractivity contribution in [2.24, 2.45) is 11.7 Å². The predicted molar refractivity (Wildman–Crippen MR) is 149 cm³/mol. The average molecular weight is 496 g/mol. The Morgan fingerprint density at radius 1 is 1.11 bits per heavy atom. The molecule has 36 heavy (non-hydrogen) atoms. The zero-order valence-corrected chi connectivity index (χ0v) is 21.1. The van der Waals surface area contributed by atoms with E-state index in [1.54, 1.807) is 11.3 Å². The first-order chi connectivity index (χ1) is 17.5. The number of carbonyl (C=O) groups excluding carboxylic acids is 1. The van der Waals surface area contributed by atoms with Crippen molar-refractivity contribution in [1.29, 1.82) is 0 Å². The third-order valence-corrected chi connectivity index (χ3v) is 8.29. The summed E-state index contributed by atoms with van der Waals surface area (Å²) in [6, 6.07) is 21.6. The molecule has 7 heteroatoms. The third-order valence-electron chi connectivity index (χ3n) is 7.08. The van der Waals surface area contributed by atoms with Gasteiger partial charge in [-0.25, -0.2) is 0 Å². The van der Waals surface area contributed by atoms with Crippen LogP contribution < -0.4 is 11.1 Å². The topological polar surface area (TPSA) is 87.0 Å². The number of H-pyrrole nitrogens is 1. The smallest absolute Gasteiger partial charge is 0.220 e. The standard InChI is InChI=1S/C29H29N5OS/c1-18-14-22-15-23(6-7-24(22)32-18)33-25-8-11-31-26-16-27(36-28(25)26)20-4-2-19(3-5-20)17-34-12-9-21(10-13-34)29(30)35/h2-8,11,14-16,21,32H,9-10,12-13,17H2,1H3,(H2,30,35)(H,31,33). The molecular formula is C29H29N5OS. The van der Waals surface area contributed by atoms with E-state index in [9.17, 15) is 4.79 Å². The molecule has 3 aromatic heterocycles. The highest BCUT2D eigenvalue weighted by Gasteiger charge is 2.23. The minimum Gasteiger partial charge on any atom is -0.369 e. The van der Waals surface area contributed by atoms with Crippen molar-refractivity contribution in [2.75, 3.05) is 18.4 Å². The van der Waals surface area contributed by atoms with Crippen LogP contribution in [0.1, 0.15) is 24.1 Å². The summed E-state index contributed by atoms with van der Waals surface area (Å²) < 4.78 is 1.15. The Labute approximate surface area is 214 Å². The third kappa shape index (κ3) is 4.59. The number of amides is 1. The second-order valence-corrected chi connectivity index (χ2v) is 10.8. The molecule has 182 valence electrons. The number of rotatable bonds is 6. The van der Waals surface area contributed by atoms with Crippen LogP contribution in [-0.4, -0.2) is 33.9 Å². The molecule has 1 saturated heterocycles. The van der Waals surface area contributed by atoms with E-state index >= 15 is 0 Å². The molecule has 1 aliphatic heterocycles. The lowest BCUT2D eigenvalue weighted by Crippen LogP contribution is -2.38. The van der Waals surface area contributed by atoms with Gasteiger partial charge in [-0.1, -0.05) is 24.3 Å². The second kappa shape index (κ2) is 9.41. The van der Waals surface area contributed by atoms with Gasteiger partial charge < -0.3 is 16.0 Å². The number of aryl methyl sites for hydroxylation is 1. The Morgan fingerprint density at radius 2 is 1.92 bits per heavy atom. The van der Waals surface area contributed by atoms with Gasteiger partial charge in [-0.3, -0.25) is 14.7 Å². The molecule has 0 spiro atoms. The number of aromatic nitrogens is 2. The highest BCUT2D eigenvalue weighted by Crippen LogP contribution is 2.38. The molecule has 2 aromatic carbocycles. The Hall–Kier alpha value is -3.68. The molecule has 0 saturated carbocycles. The van der Waals surface area contributed by atoms with Crippen LogP contribution in [0.3, 0.4) is 0 Å². The number of nitrogens with one attached hydrogen (secondary N) is 2. The number of hydrogen-bond donors (Lipinski definition) is 3. The Bertz CT molecular complexity index is 1540. The van der Waals surface area contributed by atoms with Crippen LogP contribution >= 0.6 is 11.3 Å². The van der Waals surface area contributed by atoms with E-state index in [-0.39, 0.29) is 11.8 Å². The van der Waals surface area contributed by atoms with Gasteiger partial charge in [0, 0.05) is 45.8 Å². The number of anilines is 2. The highest BCUT2D eigenvalue weighted by atomic mass is 32.1. The maximum absolute atomic E-state index is 11.4. The molecule has 4 N–H and O–H groups in total. The van der Waals surface area contributed by atoms with Crippen LogP contribution in [-0.2, 0) is 11.3 Å². The SMILES string of the molecule is Cc1cc2cc(Nc3ccnc4cc(-c5ccc(CN6CCC(C(N)=O)CC6)cc5)sc34)ccc2[nH]1. The molecule has 0 bridgehead atoms. The second-order valence-electron chi connectivity index (χ2n) is 9.71. The molecular weight excluding hydrogens is 466 g/mol. The van der Waals surface area contributed by atoms with Crippen molar-refractivity contribution in [1.82, 2.24) is 14.9 Å². The van der Waals surface area contributed by atoms with Gasteiger partial charge >= 0.3 is 0 Å². The molecule has 0 atom stereocenters. The maximum atomic E-state index is 11.4. The summed E-state index contributed by atoms with van der Waals surface area (Å²) in [5, 5.41) is 4.80. The van der Waals surface area contributed by atoms with Gasteiger partial charge in [0.05, 0.1) is 15.9 Å². The van der Waals surface area contributed by atoms with Crippen LogP contribution in [0.15, 0.2) is 66.9 Å². The molecule has 1 fully saturated rings. The summed E-state index contributed by atoms with van der Waals surface area (Å²) in [6.45, 7) is 4.82. The van der Waals surface area contributed by atoms with Crippen molar-refractivity contribution in [2.45, 2.75) is 26.3 Å². The molecule has 1 aliphatic rings. The van der Waals surface area contributed by atoms with Crippen LogP contribution in [0.25, 0.3) is 31.6 Å². The van der Waals surface area contributed by atoms with Gasteiger partial charge in [-0.2, -0.15) is 0 Å². The van der Waals surface area contributed by atoms with E-state index in [1.165, 1.54) is 21.4 Å². The summed E-state index contributed by atoms with van der Waals surface area (Å²) in [6.07, 6.45) is 3.58. The van der Waals surface area contributed by atoms with Gasteiger partial charge in [-0.15, -0.1) is 11.3 Å². The number of likely N-dealkylation sites (tertiary alicyclic amines) is 1. The summed E-state index contributed by atoms with van der Waals surface area (Å²) in [5.74, 6) is -0.127. The first-order valence-electron chi connectivity index (χ1n) is 12.4. The monoisotopic (exact) mass is 495 g/mol. The van der Waals surface area contributed by atoms with Crippen molar-refractivity contribution in [3.8, 4) is 10.4 Å². The van der Waals surface area contributed by atoms with Crippen molar-refractivity contribution in [3.63, 3.8) is 0 Å². The zero-order chi connectivity index (χ0) is 24.6. The summed E-state index contributed by atoms with van der Waals surface area (Å²) in [4.78, 5) is 23.0. The zero-order valence-electron chi connectivity index (χ0n) is 20.3. The van der Waals surface area contributed by atoms with Gasteiger partial charge in [0.1, 0.15) is 0 Å². The van der Waals surface area contributed by atoms with E-state index in [0.717, 1.165) is 65.3 Å². The first-order valence-corrected chi connectivity index (χ1v) is 13.2. The number of fused-ring (bicyclic) bond motifs is 2. The van der Waals surface area contributed by atoms with Crippen molar-refractivity contribution in [3.05, 3.63) is 78.1 Å². The number of thiophene rings is 1. The molecule has 0 radical (unpaired) electrons. The fraction of sp³-hybridized carbons (Fsp3) is 0.241. The number of nitrogens with two attached hydrogens (primary N) is 1. The molecule has 0 aliphatic carbocycles. The van der Waals surface area contributed by atoms with E-state index in [1.807, 2.05) is 12.3 Å². The van der Waals surface area contributed by atoms with Crippen molar-refractivity contribution >= 4 is 49.7 Å². The minimum atomic E-state index is -0.160. The number of carbonyl (C=O) groups is 1. The van der Waals surface area contributed by atoms with Gasteiger partial charge in [0.15, 0.2) is 0 Å². The van der Waals surface area contributed by atoms with E-state index in [2.05, 4.69) is 81.7 Å². The number of piperidine rings is 1. The molecule has 5 aromatic rings. The maximum Gasteiger partial charge on any atom is 0.220 e. The largest absolute Gasteiger partial charge is 0.369 e. The Morgan fingerprint density at radius 3 is 2.69 bits per heavy atom. The molecule has 6 rings (SSSR count). The molecule has 4 heterocycles. The summed E-state index contributed by atoms with van der Waals surface area (Å²) in [5.41, 5.74) is 13.4. The average Bonchev–Trinajstić information content (AvgIpc) is 3.48. The van der Waals surface area contributed by atoms with E-state index in [0.29, 0.717) is 0 Å². The van der Waals surface area contributed by atoms with Crippen LogP contribution in [0.4, 0.5) is 11.4 Å². The van der Waals surface area contributed by atoms with Crippen molar-refractivity contribution < 1.29 is 4.79 Å². The number of primary amides is 1. The number of aromatic amines is 1. The quantitative estimate of drug-likeness (QED) is 0.262. The minimum absolute atomic E-state index is 0.0327. The molecule has 1 amide bonds. The number of benzene rings is 2. The van der Waals surface area contributed by atoms with Gasteiger partial charge in [-0.05, 0) is 80.4 Å². The highest BCUT2D eigenvalue weighted by molar-refractivity contribution is 7.22. The van der Waals surface area contributed by atoms with Crippen LogP contribution in [0.5, 0.6) is 0 Å². The Kier molecular flexibility index (Phi) is 5.95. The predicted octanol–water partition coefficient (Wildman–Crippen LogP) is 6.19. The van der Waals surface area contributed by atoms with E-state index < -0.39 is 0 Å². The van der Waals surface area contributed by atoms with Gasteiger partial charge in [0.25, 0.3) is 0 Å². The fourth-order valence-electron chi connectivity index (χ4n) is 5.10. The molecule has 0 unspecified atom stereocenters. The first kappa shape index (κ1) is 22.8. The van der Waals surface area contributed by atoms with Gasteiger partial charge in [0.2, 0.25) is 5.91 Å². The summed E-state index contributed by atoms with van der Waals surface area (Å²) in [7, 11) is 0. The lowest BCUT2D eigenvalue weighted by Gasteiger charge is -2.30. The number of hydrogen-bond acceptors (Lipinski definition) is 5. The normalized spacial score (nSPS) is 15.0. The lowest BCUT2D eigenvalue weighted by atomic mass is 9.96. The molecule has 6 nitrogen and oxygen atoms in total. The van der Waals surface area contributed by atoms with E-state index in [4.69, 9.17) is 5.73 Å².